The number of hydrogen-bond donors (Lipinski definition) is 1. The van der Waals surface area contributed by atoms with Gasteiger partial charge in [0.15, 0.2) is 0 Å². The second kappa shape index (κ2) is 6.46. The van der Waals surface area contributed by atoms with Gasteiger partial charge in [0.1, 0.15) is 0 Å². The number of nitrogens with one attached hydrogen (secondary N) is 1. The molecule has 0 unspecified atom stereocenters. The minimum atomic E-state index is -3.43. The van der Waals surface area contributed by atoms with Gasteiger partial charge in [-0.1, -0.05) is 18.6 Å². The van der Waals surface area contributed by atoms with Crippen molar-refractivity contribution in [2.24, 2.45) is 0 Å². The number of hydrogen-bond acceptors (Lipinski definition) is 3. The van der Waals surface area contributed by atoms with Crippen LogP contribution in [0.1, 0.15) is 44.2 Å². The van der Waals surface area contributed by atoms with E-state index >= 15 is 0 Å². The van der Waals surface area contributed by atoms with Crippen LogP contribution in [0.5, 0.6) is 0 Å². The Morgan fingerprint density at radius 1 is 1.24 bits per heavy atom. The number of nitrogens with zero attached hydrogens (tertiary/aromatic N) is 1. The largest absolute Gasteiger partial charge is 0.316 e. The molecule has 1 fully saturated rings. The minimum absolute atomic E-state index is 0.0751. The Kier molecular flexibility index (Phi) is 5.07. The smallest absolute Gasteiger partial charge is 0.243 e. The van der Waals surface area contributed by atoms with Crippen LogP contribution in [-0.2, 0) is 16.6 Å². The monoisotopic (exact) mass is 310 g/mol. The van der Waals surface area contributed by atoms with E-state index in [1.165, 1.54) is 0 Å². The van der Waals surface area contributed by atoms with Crippen molar-refractivity contribution >= 4 is 10.0 Å². The van der Waals surface area contributed by atoms with Crippen LogP contribution in [-0.4, -0.2) is 31.9 Å². The molecule has 0 spiro atoms. The molecule has 0 bridgehead atoms. The number of rotatable bonds is 4. The lowest BCUT2D eigenvalue weighted by Crippen LogP contribution is -2.47. The topological polar surface area (TPSA) is 49.4 Å². The molecule has 0 amide bonds. The summed E-state index contributed by atoms with van der Waals surface area (Å²) in [5.74, 6) is 0. The Morgan fingerprint density at radius 3 is 2.43 bits per heavy atom. The first-order valence-electron chi connectivity index (χ1n) is 7.65. The molecule has 21 heavy (non-hydrogen) atoms. The third-order valence-corrected chi connectivity index (χ3v) is 6.57. The van der Waals surface area contributed by atoms with Crippen LogP contribution in [0.25, 0.3) is 0 Å². The van der Waals surface area contributed by atoms with Crippen molar-refractivity contribution in [3.63, 3.8) is 0 Å². The van der Waals surface area contributed by atoms with Crippen LogP contribution >= 0.6 is 0 Å². The van der Waals surface area contributed by atoms with E-state index in [4.69, 9.17) is 0 Å². The van der Waals surface area contributed by atoms with Crippen molar-refractivity contribution in [3.05, 3.63) is 29.3 Å². The Hall–Kier alpha value is -0.910. The molecular formula is C16H26N2O2S. The first-order chi connectivity index (χ1) is 9.87. The molecule has 1 aromatic carbocycles. The molecule has 0 aromatic heterocycles. The fourth-order valence-electron chi connectivity index (χ4n) is 3.22. The molecule has 0 radical (unpaired) electrons. The molecule has 2 atom stereocenters. The summed E-state index contributed by atoms with van der Waals surface area (Å²) in [7, 11) is -1.56. The van der Waals surface area contributed by atoms with Gasteiger partial charge in [0.05, 0.1) is 4.90 Å². The molecule has 1 aliphatic heterocycles. The van der Waals surface area contributed by atoms with E-state index in [0.717, 1.165) is 30.4 Å². The van der Waals surface area contributed by atoms with Crippen molar-refractivity contribution in [1.29, 1.82) is 0 Å². The van der Waals surface area contributed by atoms with Gasteiger partial charge in [0.25, 0.3) is 0 Å². The summed E-state index contributed by atoms with van der Waals surface area (Å²) in [6.07, 6.45) is 2.99. The molecule has 0 saturated carbocycles. The average Bonchev–Trinajstić information content (AvgIpc) is 2.40. The van der Waals surface area contributed by atoms with Gasteiger partial charge in [-0.05, 0) is 57.9 Å². The van der Waals surface area contributed by atoms with Crippen molar-refractivity contribution < 1.29 is 8.42 Å². The summed E-state index contributed by atoms with van der Waals surface area (Å²) < 4.78 is 27.9. The van der Waals surface area contributed by atoms with Gasteiger partial charge in [-0.25, -0.2) is 8.42 Å². The van der Waals surface area contributed by atoms with Gasteiger partial charge >= 0.3 is 0 Å². The van der Waals surface area contributed by atoms with E-state index in [-0.39, 0.29) is 12.1 Å². The zero-order valence-corrected chi connectivity index (χ0v) is 14.2. The van der Waals surface area contributed by atoms with Crippen molar-refractivity contribution in [3.8, 4) is 0 Å². The van der Waals surface area contributed by atoms with Gasteiger partial charge in [-0.15, -0.1) is 0 Å². The zero-order valence-electron chi connectivity index (χ0n) is 13.4. The summed E-state index contributed by atoms with van der Waals surface area (Å²) in [5, 5.41) is 3.07. The molecule has 2 rings (SSSR count). The van der Waals surface area contributed by atoms with Crippen LogP contribution in [0, 0.1) is 6.92 Å². The maximum absolute atomic E-state index is 13.1. The van der Waals surface area contributed by atoms with Crippen molar-refractivity contribution in [2.45, 2.75) is 63.6 Å². The Balaban J connectivity index is 2.45. The fraction of sp³-hybridized carbons (Fsp3) is 0.625. The summed E-state index contributed by atoms with van der Waals surface area (Å²) in [5.41, 5.74) is 1.82. The van der Waals surface area contributed by atoms with E-state index < -0.39 is 10.0 Å². The average molecular weight is 310 g/mol. The lowest BCUT2D eigenvalue weighted by molar-refractivity contribution is 0.204. The standard InChI is InChI=1S/C16H26N2O2S/c1-12-8-9-15(11-17-4)10-16(12)21(19,20)18-13(2)6-5-7-14(18)3/h8-10,13-14,17H,5-7,11H2,1-4H3/t13-,14+. The zero-order chi connectivity index (χ0) is 15.6. The van der Waals surface area contributed by atoms with E-state index in [1.807, 2.05) is 46.0 Å². The van der Waals surface area contributed by atoms with Gasteiger partial charge in [0, 0.05) is 18.6 Å². The third kappa shape index (κ3) is 3.30. The quantitative estimate of drug-likeness (QED) is 0.930. The first-order valence-corrected chi connectivity index (χ1v) is 9.09. The molecule has 1 saturated heterocycles. The number of benzene rings is 1. The van der Waals surface area contributed by atoms with Gasteiger partial charge in [-0.3, -0.25) is 0 Å². The molecule has 1 aromatic rings. The normalized spacial score (nSPS) is 24.2. The van der Waals surface area contributed by atoms with Crippen LogP contribution in [0.2, 0.25) is 0 Å². The summed E-state index contributed by atoms with van der Waals surface area (Å²) in [6, 6.07) is 5.85. The third-order valence-electron chi connectivity index (χ3n) is 4.30. The van der Waals surface area contributed by atoms with Gasteiger partial charge < -0.3 is 5.32 Å². The SMILES string of the molecule is CNCc1ccc(C)c(S(=O)(=O)N2[C@H](C)CCC[C@@H]2C)c1. The van der Waals surface area contributed by atoms with Gasteiger partial charge in [-0.2, -0.15) is 4.31 Å². The van der Waals surface area contributed by atoms with Gasteiger partial charge in [0.2, 0.25) is 10.0 Å². The second-order valence-electron chi connectivity index (χ2n) is 6.09. The molecule has 1 N–H and O–H groups in total. The summed E-state index contributed by atoms with van der Waals surface area (Å²) in [6.45, 7) is 6.57. The predicted octanol–water partition coefficient (Wildman–Crippen LogP) is 2.67. The molecule has 0 aliphatic carbocycles. The highest BCUT2D eigenvalue weighted by Crippen LogP contribution is 2.31. The van der Waals surface area contributed by atoms with Crippen LogP contribution in [0.3, 0.4) is 0 Å². The highest BCUT2D eigenvalue weighted by Gasteiger charge is 2.36. The van der Waals surface area contributed by atoms with E-state index in [1.54, 1.807) is 4.31 Å². The Labute approximate surface area is 128 Å². The maximum Gasteiger partial charge on any atom is 0.243 e. The molecular weight excluding hydrogens is 284 g/mol. The first kappa shape index (κ1) is 16.5. The summed E-state index contributed by atoms with van der Waals surface area (Å²) in [4.78, 5) is 0.454. The number of piperidine rings is 1. The number of aryl methyl sites for hydroxylation is 1. The summed E-state index contributed by atoms with van der Waals surface area (Å²) >= 11 is 0. The Bertz CT molecular complexity index is 588. The van der Waals surface area contributed by atoms with Crippen molar-refractivity contribution in [2.75, 3.05) is 7.05 Å². The van der Waals surface area contributed by atoms with E-state index in [9.17, 15) is 8.42 Å². The van der Waals surface area contributed by atoms with E-state index in [2.05, 4.69) is 5.32 Å². The molecule has 4 nitrogen and oxygen atoms in total. The highest BCUT2D eigenvalue weighted by molar-refractivity contribution is 7.89. The predicted molar refractivity (Wildman–Crippen MR) is 85.7 cm³/mol. The maximum atomic E-state index is 13.1. The molecule has 1 aliphatic rings. The van der Waals surface area contributed by atoms with Crippen LogP contribution < -0.4 is 5.32 Å². The lowest BCUT2D eigenvalue weighted by atomic mass is 10.0. The van der Waals surface area contributed by atoms with E-state index in [0.29, 0.717) is 11.4 Å². The fourth-order valence-corrected chi connectivity index (χ4v) is 5.38. The lowest BCUT2D eigenvalue weighted by Gasteiger charge is -2.38. The number of sulfonamides is 1. The minimum Gasteiger partial charge on any atom is -0.316 e. The van der Waals surface area contributed by atoms with Crippen LogP contribution in [0.15, 0.2) is 23.1 Å². The van der Waals surface area contributed by atoms with Crippen molar-refractivity contribution in [1.82, 2.24) is 9.62 Å². The van der Waals surface area contributed by atoms with Crippen LogP contribution in [0.4, 0.5) is 0 Å². The highest BCUT2D eigenvalue weighted by atomic mass is 32.2. The molecule has 5 heteroatoms. The second-order valence-corrected chi connectivity index (χ2v) is 7.91. The molecule has 1 heterocycles. The molecule has 118 valence electrons. The Morgan fingerprint density at radius 2 is 1.86 bits per heavy atom.